The first-order chi connectivity index (χ1) is 17.3. The van der Waals surface area contributed by atoms with E-state index in [0.29, 0.717) is 55.9 Å². The zero-order chi connectivity index (χ0) is 25.4. The Morgan fingerprint density at radius 2 is 1.75 bits per heavy atom. The monoisotopic (exact) mass is 516 g/mol. The number of pyridine rings is 1. The molecule has 0 bridgehead atoms. The minimum absolute atomic E-state index is 0.0323. The first-order valence-electron chi connectivity index (χ1n) is 13.2. The Bertz CT molecular complexity index is 1300. The van der Waals surface area contributed by atoms with E-state index in [1.54, 1.807) is 22.0 Å². The number of anilines is 1. The van der Waals surface area contributed by atoms with E-state index in [-0.39, 0.29) is 34.2 Å². The van der Waals surface area contributed by atoms with Crippen molar-refractivity contribution in [2.24, 2.45) is 0 Å². The van der Waals surface area contributed by atoms with E-state index in [9.17, 15) is 18.0 Å². The van der Waals surface area contributed by atoms with Crippen LogP contribution in [-0.4, -0.2) is 70.5 Å². The molecule has 2 N–H and O–H groups in total. The Balaban J connectivity index is 1.37. The summed E-state index contributed by atoms with van der Waals surface area (Å²) in [5.74, 6) is 0.197. The quantitative estimate of drug-likeness (QED) is 0.561. The zero-order valence-electron chi connectivity index (χ0n) is 21.1. The minimum Gasteiger partial charge on any atom is -0.351 e. The number of hydrogen-bond donors (Lipinski definition) is 2. The average molecular weight is 517 g/mol. The molecule has 11 heteroatoms. The van der Waals surface area contributed by atoms with E-state index in [0.717, 1.165) is 44.2 Å². The van der Waals surface area contributed by atoms with Crippen LogP contribution in [0, 0.1) is 6.92 Å². The Hall–Kier alpha value is -2.37. The molecule has 196 valence electrons. The molecule has 2 saturated heterocycles. The molecule has 0 aromatic carbocycles. The van der Waals surface area contributed by atoms with Gasteiger partial charge in [0.1, 0.15) is 5.65 Å². The summed E-state index contributed by atoms with van der Waals surface area (Å²) >= 11 is 0. The molecule has 2 aliphatic heterocycles. The second-order valence-corrected chi connectivity index (χ2v) is 12.6. The maximum atomic E-state index is 13.4. The van der Waals surface area contributed by atoms with Crippen molar-refractivity contribution in [1.82, 2.24) is 24.2 Å². The summed E-state index contributed by atoms with van der Waals surface area (Å²) in [5, 5.41) is 7.04. The number of carbonyl (C=O) groups excluding carboxylic acids is 1. The third-order valence-electron chi connectivity index (χ3n) is 8.10. The van der Waals surface area contributed by atoms with E-state index >= 15 is 0 Å². The lowest BCUT2D eigenvalue weighted by atomic mass is 10.0. The summed E-state index contributed by atoms with van der Waals surface area (Å²) in [6.45, 7) is 5.68. The second kappa shape index (κ2) is 10.2. The van der Waals surface area contributed by atoms with Gasteiger partial charge in [0.15, 0.2) is 5.78 Å². The molecule has 1 aliphatic carbocycles. The molecule has 3 aliphatic rings. The Morgan fingerprint density at radius 3 is 2.39 bits per heavy atom. The normalized spacial score (nSPS) is 21.3. The molecule has 0 amide bonds. The third kappa shape index (κ3) is 4.68. The van der Waals surface area contributed by atoms with Gasteiger partial charge in [0, 0.05) is 36.8 Å². The number of Topliss-reactive ketones (excluding diaryl/α,β-unsaturated/α-hetero) is 1. The first-order valence-corrected chi connectivity index (χ1v) is 14.7. The summed E-state index contributed by atoms with van der Waals surface area (Å²) in [6, 6.07) is 0.0797. The fourth-order valence-corrected chi connectivity index (χ4v) is 8.03. The van der Waals surface area contributed by atoms with Crippen molar-refractivity contribution < 1.29 is 13.2 Å². The summed E-state index contributed by atoms with van der Waals surface area (Å²) in [7, 11) is -3.28. The Kier molecular flexibility index (Phi) is 7.15. The van der Waals surface area contributed by atoms with Crippen LogP contribution in [0.25, 0.3) is 11.0 Å². The van der Waals surface area contributed by atoms with Crippen LogP contribution in [0.15, 0.2) is 11.0 Å². The molecule has 3 fully saturated rings. The van der Waals surface area contributed by atoms with Crippen molar-refractivity contribution >= 4 is 32.8 Å². The van der Waals surface area contributed by atoms with Gasteiger partial charge >= 0.3 is 0 Å². The van der Waals surface area contributed by atoms with Crippen molar-refractivity contribution in [3.05, 3.63) is 27.7 Å². The highest BCUT2D eigenvalue weighted by atomic mass is 32.2. The molecule has 0 unspecified atom stereocenters. The maximum absolute atomic E-state index is 13.4. The maximum Gasteiger partial charge on any atom is 0.263 e. The van der Waals surface area contributed by atoms with Gasteiger partial charge in [-0.2, -0.15) is 4.98 Å². The van der Waals surface area contributed by atoms with Gasteiger partial charge in [-0.25, -0.2) is 17.7 Å². The molecule has 5 rings (SSSR count). The minimum atomic E-state index is -3.28. The van der Waals surface area contributed by atoms with Crippen LogP contribution in [-0.2, 0) is 10.0 Å². The Morgan fingerprint density at radius 1 is 1.08 bits per heavy atom. The van der Waals surface area contributed by atoms with E-state index < -0.39 is 10.0 Å². The number of hydrogen-bond acceptors (Lipinski definition) is 8. The van der Waals surface area contributed by atoms with Gasteiger partial charge in [0.2, 0.25) is 16.0 Å². The van der Waals surface area contributed by atoms with Crippen LogP contribution in [0.3, 0.4) is 0 Å². The standard InChI is InChI=1S/C25H36N6O4S/c1-16-21-15-27-25(29-23(21)31(19-5-3-4-6-19)24(33)22(16)17(2)32)28-18-9-13-30(14-10-18)36(34,35)20-7-11-26-12-8-20/h15,18-20,26H,3-14H2,1-2H3,(H,27,28,29). The molecule has 0 spiro atoms. The van der Waals surface area contributed by atoms with Gasteiger partial charge in [-0.15, -0.1) is 0 Å². The molecule has 0 atom stereocenters. The SMILES string of the molecule is CC(=O)c1c(C)c2cnc(NC3CCN(S(=O)(=O)C4CCNCC4)CC3)nc2n(C2CCCC2)c1=O. The number of fused-ring (bicyclic) bond motifs is 1. The van der Waals surface area contributed by atoms with E-state index in [1.807, 2.05) is 0 Å². The molecular formula is C25H36N6O4S. The van der Waals surface area contributed by atoms with Gasteiger partial charge < -0.3 is 10.6 Å². The molecular weight excluding hydrogens is 480 g/mol. The molecule has 2 aromatic heterocycles. The molecule has 2 aromatic rings. The van der Waals surface area contributed by atoms with E-state index in [4.69, 9.17) is 4.98 Å². The fraction of sp³-hybridized carbons (Fsp3) is 0.680. The number of ketones is 1. The van der Waals surface area contributed by atoms with Crippen LogP contribution in [0.1, 0.15) is 80.3 Å². The topological polar surface area (TPSA) is 126 Å². The number of nitrogens with one attached hydrogen (secondary N) is 2. The van der Waals surface area contributed by atoms with Crippen molar-refractivity contribution in [2.75, 3.05) is 31.5 Å². The summed E-state index contributed by atoms with van der Waals surface area (Å²) in [4.78, 5) is 35.0. The number of nitrogens with zero attached hydrogens (tertiary/aromatic N) is 4. The number of aromatic nitrogens is 3. The summed E-state index contributed by atoms with van der Waals surface area (Å²) < 4.78 is 29.5. The number of rotatable bonds is 6. The van der Waals surface area contributed by atoms with E-state index in [2.05, 4.69) is 15.6 Å². The fourth-order valence-electron chi connectivity index (χ4n) is 6.06. The predicted molar refractivity (Wildman–Crippen MR) is 139 cm³/mol. The van der Waals surface area contributed by atoms with Gasteiger partial charge in [-0.3, -0.25) is 14.2 Å². The Labute approximate surface area is 211 Å². The van der Waals surface area contributed by atoms with Crippen molar-refractivity contribution in [2.45, 2.75) is 82.5 Å². The molecule has 4 heterocycles. The lowest BCUT2D eigenvalue weighted by molar-refractivity contribution is 0.101. The van der Waals surface area contributed by atoms with E-state index in [1.165, 1.54) is 6.92 Å². The number of carbonyl (C=O) groups is 1. The smallest absolute Gasteiger partial charge is 0.263 e. The average Bonchev–Trinajstić information content (AvgIpc) is 3.39. The van der Waals surface area contributed by atoms with Gasteiger partial charge in [0.25, 0.3) is 5.56 Å². The van der Waals surface area contributed by atoms with Crippen LogP contribution in [0.4, 0.5) is 5.95 Å². The highest BCUT2D eigenvalue weighted by Crippen LogP contribution is 2.32. The largest absolute Gasteiger partial charge is 0.351 e. The lowest BCUT2D eigenvalue weighted by Crippen LogP contribution is -2.48. The highest BCUT2D eigenvalue weighted by molar-refractivity contribution is 7.89. The van der Waals surface area contributed by atoms with Crippen molar-refractivity contribution in [3.8, 4) is 0 Å². The highest BCUT2D eigenvalue weighted by Gasteiger charge is 2.35. The predicted octanol–water partition coefficient (Wildman–Crippen LogP) is 2.38. The number of piperidine rings is 2. The van der Waals surface area contributed by atoms with Crippen molar-refractivity contribution in [3.63, 3.8) is 0 Å². The first kappa shape index (κ1) is 25.3. The molecule has 1 saturated carbocycles. The molecule has 36 heavy (non-hydrogen) atoms. The van der Waals surface area contributed by atoms with Crippen LogP contribution in [0.5, 0.6) is 0 Å². The lowest BCUT2D eigenvalue weighted by Gasteiger charge is -2.35. The summed E-state index contributed by atoms with van der Waals surface area (Å²) in [6.07, 6.45) is 8.27. The second-order valence-electron chi connectivity index (χ2n) is 10.4. The van der Waals surface area contributed by atoms with Crippen molar-refractivity contribution in [1.29, 1.82) is 0 Å². The van der Waals surface area contributed by atoms with Gasteiger partial charge in [-0.05, 0) is 71.0 Å². The molecule has 10 nitrogen and oxygen atoms in total. The van der Waals surface area contributed by atoms with Crippen LogP contribution >= 0.6 is 0 Å². The van der Waals surface area contributed by atoms with Gasteiger partial charge in [-0.1, -0.05) is 12.8 Å². The van der Waals surface area contributed by atoms with Gasteiger partial charge in [0.05, 0.1) is 10.8 Å². The number of sulfonamides is 1. The molecule has 0 radical (unpaired) electrons. The number of aryl methyl sites for hydroxylation is 1. The zero-order valence-corrected chi connectivity index (χ0v) is 21.9. The summed E-state index contributed by atoms with van der Waals surface area (Å²) in [5.41, 5.74) is 1.15. The third-order valence-corrected chi connectivity index (χ3v) is 10.5. The van der Waals surface area contributed by atoms with Crippen LogP contribution < -0.4 is 16.2 Å². The van der Waals surface area contributed by atoms with Crippen LogP contribution in [0.2, 0.25) is 0 Å².